The molecule has 0 aromatic heterocycles. The Bertz CT molecular complexity index is 616. The molecule has 2 aromatic rings. The quantitative estimate of drug-likeness (QED) is 0.251. The molecule has 0 saturated carbocycles. The van der Waals surface area contributed by atoms with Gasteiger partial charge in [0.1, 0.15) is 0 Å². The summed E-state index contributed by atoms with van der Waals surface area (Å²) in [6, 6.07) is 7.85. The van der Waals surface area contributed by atoms with Gasteiger partial charge in [0, 0.05) is 9.37 Å². The van der Waals surface area contributed by atoms with E-state index in [9.17, 15) is 0 Å². The van der Waals surface area contributed by atoms with Gasteiger partial charge in [-0.05, 0) is 35.1 Å². The Labute approximate surface area is 158 Å². The van der Waals surface area contributed by atoms with Crippen molar-refractivity contribution in [1.82, 2.24) is 0 Å². The zero-order chi connectivity index (χ0) is 14.9. The molecule has 0 aliphatic carbocycles. The molecule has 20 heavy (non-hydrogen) atoms. The summed E-state index contributed by atoms with van der Waals surface area (Å²) in [7, 11) is 2.88. The molecule has 8 heteroatoms. The van der Waals surface area contributed by atoms with Gasteiger partial charge in [0.05, 0.1) is 30.0 Å². The Hall–Kier alpha value is 1.07. The molecule has 0 amide bonds. The minimum absolute atomic E-state index is 0.168. The Balaban J connectivity index is 2.28. The van der Waals surface area contributed by atoms with Gasteiger partial charge >= 0.3 is 0 Å². The third-order valence-corrected chi connectivity index (χ3v) is 7.68. The average Bonchev–Trinajstić information content (AvgIpc) is 2.45. The van der Waals surface area contributed by atoms with E-state index < -0.39 is 0 Å². The molecule has 0 aliphatic rings. The highest BCUT2D eigenvalue weighted by molar-refractivity contribution is 9.10. The zero-order valence-electron chi connectivity index (χ0n) is 9.39. The molecule has 0 aliphatic heterocycles. The first-order chi connectivity index (χ1) is 9.41. The largest absolute Gasteiger partial charge is 0.0813 e. The lowest BCUT2D eigenvalue weighted by Crippen LogP contribution is -1.82. The minimum Gasteiger partial charge on any atom is -0.0813 e. The van der Waals surface area contributed by atoms with Crippen LogP contribution in [0.25, 0.3) is 0 Å². The molecule has 0 unspecified atom stereocenters. The van der Waals surface area contributed by atoms with Crippen molar-refractivity contribution < 1.29 is 0 Å². The second-order valence-corrected chi connectivity index (χ2v) is 8.54. The monoisotopic (exact) mass is 466 g/mol. The molecule has 2 aromatic carbocycles. The van der Waals surface area contributed by atoms with Gasteiger partial charge in [0.15, 0.2) is 0 Å². The molecule has 0 heterocycles. The molecular weight excluding hydrogens is 465 g/mol. The highest BCUT2D eigenvalue weighted by Crippen LogP contribution is 2.51. The summed E-state index contributed by atoms with van der Waals surface area (Å²) in [5.41, 5.74) is 0. The van der Waals surface area contributed by atoms with E-state index in [1.54, 1.807) is 0 Å². The molecule has 0 spiro atoms. The Morgan fingerprint density at radius 2 is 1.10 bits per heavy atom. The Kier molecular flexibility index (Phi) is 6.59. The number of hydrogen-bond donors (Lipinski definition) is 0. The van der Waals surface area contributed by atoms with Gasteiger partial charge in [-0.2, -0.15) is 0 Å². The molecule has 0 N–H and O–H groups in total. The van der Waals surface area contributed by atoms with E-state index in [0.717, 1.165) is 9.37 Å². The van der Waals surface area contributed by atoms with Crippen molar-refractivity contribution in [3.63, 3.8) is 0 Å². The van der Waals surface area contributed by atoms with E-state index in [1.807, 2.05) is 24.3 Å². The molecule has 0 fully saturated rings. The van der Waals surface area contributed by atoms with Crippen LogP contribution in [0.15, 0.2) is 38.5 Å². The fraction of sp³-hybridized carbons (Fsp3) is 0. The molecule has 0 atom stereocenters. The van der Waals surface area contributed by atoms with E-state index in [4.69, 9.17) is 58.0 Å². The first kappa shape index (κ1) is 17.4. The Morgan fingerprint density at radius 3 is 1.60 bits per heavy atom. The van der Waals surface area contributed by atoms with Crippen LogP contribution in [0.2, 0.25) is 25.1 Å². The maximum Gasteiger partial charge on any atom is 0.0809 e. The third-order valence-electron chi connectivity index (χ3n) is 2.20. The van der Waals surface area contributed by atoms with E-state index >= 15 is 0 Å². The fourth-order valence-electron chi connectivity index (χ4n) is 1.24. The van der Waals surface area contributed by atoms with Gasteiger partial charge in [0.2, 0.25) is 0 Å². The van der Waals surface area contributed by atoms with Crippen LogP contribution in [0.3, 0.4) is 0 Å². The lowest BCUT2D eigenvalue weighted by Gasteiger charge is -2.11. The van der Waals surface area contributed by atoms with Gasteiger partial charge in [0.25, 0.3) is 0 Å². The summed E-state index contributed by atoms with van der Waals surface area (Å²) in [4.78, 5) is 1.65. The molecule has 0 bridgehead atoms. The molecule has 0 radical (unpaired) electrons. The first-order valence-corrected chi connectivity index (χ1v) is 9.86. The minimum atomic E-state index is 0.168. The fourth-order valence-corrected chi connectivity index (χ4v) is 5.41. The molecule has 2 rings (SSSR count). The summed E-state index contributed by atoms with van der Waals surface area (Å²) < 4.78 is 1.01. The van der Waals surface area contributed by atoms with Gasteiger partial charge in [-0.1, -0.05) is 84.7 Å². The average molecular weight is 469 g/mol. The van der Waals surface area contributed by atoms with Crippen LogP contribution in [-0.4, -0.2) is 0 Å². The SMILES string of the molecule is Clc1c(Cl)c(Cl)c(SSc2ccc(Br)cc2)c(Cl)c1Cl. The summed E-state index contributed by atoms with van der Waals surface area (Å²) in [6.45, 7) is 0. The summed E-state index contributed by atoms with van der Waals surface area (Å²) in [5.74, 6) is 0. The first-order valence-electron chi connectivity index (χ1n) is 5.03. The van der Waals surface area contributed by atoms with Crippen molar-refractivity contribution in [2.24, 2.45) is 0 Å². The third kappa shape index (κ3) is 3.88. The van der Waals surface area contributed by atoms with Crippen molar-refractivity contribution >= 4 is 95.5 Å². The normalized spacial score (nSPS) is 10.9. The second-order valence-electron chi connectivity index (χ2n) is 3.52. The highest BCUT2D eigenvalue weighted by atomic mass is 79.9. The van der Waals surface area contributed by atoms with Crippen molar-refractivity contribution in [3.05, 3.63) is 53.9 Å². The molecular formula is C12H4BrCl5S2. The van der Waals surface area contributed by atoms with Crippen molar-refractivity contribution in [2.75, 3.05) is 0 Å². The van der Waals surface area contributed by atoms with Crippen LogP contribution in [0, 0.1) is 0 Å². The van der Waals surface area contributed by atoms with Crippen LogP contribution in [-0.2, 0) is 0 Å². The van der Waals surface area contributed by atoms with Crippen LogP contribution in [0.4, 0.5) is 0 Å². The van der Waals surface area contributed by atoms with E-state index in [0.29, 0.717) is 14.9 Å². The van der Waals surface area contributed by atoms with Crippen LogP contribution in [0.1, 0.15) is 0 Å². The topological polar surface area (TPSA) is 0 Å². The number of rotatable bonds is 3. The molecule has 0 saturated heterocycles. The summed E-state index contributed by atoms with van der Waals surface area (Å²) in [5, 5.41) is 1.20. The highest BCUT2D eigenvalue weighted by Gasteiger charge is 2.20. The molecule has 106 valence electrons. The van der Waals surface area contributed by atoms with Crippen molar-refractivity contribution in [2.45, 2.75) is 9.79 Å². The summed E-state index contributed by atoms with van der Waals surface area (Å²) in [6.07, 6.45) is 0. The Morgan fingerprint density at radius 1 is 0.650 bits per heavy atom. The van der Waals surface area contributed by atoms with E-state index in [1.165, 1.54) is 21.6 Å². The molecule has 0 nitrogen and oxygen atoms in total. The number of benzene rings is 2. The summed E-state index contributed by atoms with van der Waals surface area (Å²) >= 11 is 33.7. The van der Waals surface area contributed by atoms with Crippen LogP contribution >= 0.6 is 95.5 Å². The van der Waals surface area contributed by atoms with Crippen LogP contribution in [0.5, 0.6) is 0 Å². The van der Waals surface area contributed by atoms with Gasteiger partial charge in [-0.25, -0.2) is 0 Å². The zero-order valence-corrected chi connectivity index (χ0v) is 16.4. The lowest BCUT2D eigenvalue weighted by molar-refractivity contribution is 1.45. The van der Waals surface area contributed by atoms with Gasteiger partial charge in [-0.15, -0.1) is 0 Å². The number of hydrogen-bond acceptors (Lipinski definition) is 2. The predicted molar refractivity (Wildman–Crippen MR) is 97.3 cm³/mol. The second kappa shape index (κ2) is 7.56. The van der Waals surface area contributed by atoms with Crippen LogP contribution < -0.4 is 0 Å². The lowest BCUT2D eigenvalue weighted by atomic mass is 10.3. The predicted octanol–water partition coefficient (Wildman–Crippen LogP) is 8.52. The van der Waals surface area contributed by atoms with E-state index in [2.05, 4.69) is 15.9 Å². The maximum atomic E-state index is 6.17. The van der Waals surface area contributed by atoms with Gasteiger partial charge in [-0.3, -0.25) is 0 Å². The number of halogens is 6. The smallest absolute Gasteiger partial charge is 0.0809 e. The van der Waals surface area contributed by atoms with E-state index in [-0.39, 0.29) is 15.1 Å². The van der Waals surface area contributed by atoms with Crippen molar-refractivity contribution in [1.29, 1.82) is 0 Å². The standard InChI is InChI=1S/C12H4BrCl5S2/c13-5-1-3-6(4-2-5)19-20-12-10(17)8(15)7(14)9(16)11(12)18/h1-4H. The van der Waals surface area contributed by atoms with Crippen molar-refractivity contribution in [3.8, 4) is 0 Å². The maximum absolute atomic E-state index is 6.17. The van der Waals surface area contributed by atoms with Gasteiger partial charge < -0.3 is 0 Å².